The van der Waals surface area contributed by atoms with Crippen molar-refractivity contribution in [3.8, 4) is 22.3 Å². The molecule has 0 aliphatic carbocycles. The summed E-state index contributed by atoms with van der Waals surface area (Å²) in [7, 11) is 0. The van der Waals surface area contributed by atoms with Gasteiger partial charge >= 0.3 is 0 Å². The molecular formula is C21H18O2. The lowest BCUT2D eigenvalue weighted by Gasteiger charge is -2.13. The van der Waals surface area contributed by atoms with Gasteiger partial charge in [0.1, 0.15) is 6.10 Å². The van der Waals surface area contributed by atoms with Crippen molar-refractivity contribution in [3.63, 3.8) is 0 Å². The van der Waals surface area contributed by atoms with Gasteiger partial charge in [-0.2, -0.15) is 0 Å². The Morgan fingerprint density at radius 1 is 0.783 bits per heavy atom. The number of aliphatic hydroxyl groups excluding tert-OH is 1. The Labute approximate surface area is 136 Å². The van der Waals surface area contributed by atoms with E-state index in [1.165, 1.54) is 6.92 Å². The second kappa shape index (κ2) is 6.59. The highest BCUT2D eigenvalue weighted by molar-refractivity contribution is 6.01. The second-order valence-corrected chi connectivity index (χ2v) is 5.53. The Morgan fingerprint density at radius 2 is 1.30 bits per heavy atom. The minimum absolute atomic E-state index is 0.262. The van der Waals surface area contributed by atoms with Gasteiger partial charge in [-0.25, -0.2) is 0 Å². The van der Waals surface area contributed by atoms with Crippen LogP contribution >= 0.6 is 0 Å². The highest BCUT2D eigenvalue weighted by Crippen LogP contribution is 2.33. The van der Waals surface area contributed by atoms with Crippen molar-refractivity contribution in [2.24, 2.45) is 0 Å². The first kappa shape index (κ1) is 15.2. The normalized spacial score (nSPS) is 11.9. The van der Waals surface area contributed by atoms with Crippen LogP contribution in [0.2, 0.25) is 0 Å². The molecule has 114 valence electrons. The molecular weight excluding hydrogens is 284 g/mol. The van der Waals surface area contributed by atoms with E-state index in [4.69, 9.17) is 0 Å². The molecule has 0 saturated heterocycles. The molecule has 1 atom stereocenters. The van der Waals surface area contributed by atoms with E-state index in [0.717, 1.165) is 22.3 Å². The van der Waals surface area contributed by atoms with Gasteiger partial charge in [-0.05, 0) is 35.2 Å². The second-order valence-electron chi connectivity index (χ2n) is 5.53. The zero-order valence-electron chi connectivity index (χ0n) is 12.9. The number of aliphatic hydroxyl groups is 1. The minimum Gasteiger partial charge on any atom is -0.385 e. The maximum atomic E-state index is 12.1. The Hall–Kier alpha value is -2.71. The first-order chi connectivity index (χ1) is 11.2. The fourth-order valence-corrected chi connectivity index (χ4v) is 2.66. The van der Waals surface area contributed by atoms with E-state index in [9.17, 15) is 9.90 Å². The predicted octanol–water partition coefficient (Wildman–Crippen LogP) is 4.58. The Kier molecular flexibility index (Phi) is 4.35. The van der Waals surface area contributed by atoms with E-state index in [-0.39, 0.29) is 5.78 Å². The number of carbonyl (C=O) groups excluding carboxylic acids is 1. The van der Waals surface area contributed by atoms with Gasteiger partial charge in [-0.1, -0.05) is 72.8 Å². The lowest BCUT2D eigenvalue weighted by Crippen LogP contribution is -2.16. The van der Waals surface area contributed by atoms with Crippen molar-refractivity contribution in [1.82, 2.24) is 0 Å². The zero-order chi connectivity index (χ0) is 16.2. The SMILES string of the molecule is CC(O)C(=O)c1ccc(-c2ccccc2)c(-c2ccccc2)c1. The van der Waals surface area contributed by atoms with Crippen LogP contribution in [0.1, 0.15) is 17.3 Å². The fourth-order valence-electron chi connectivity index (χ4n) is 2.66. The Morgan fingerprint density at radius 3 is 1.83 bits per heavy atom. The van der Waals surface area contributed by atoms with Crippen LogP contribution in [-0.4, -0.2) is 17.0 Å². The molecule has 3 rings (SSSR count). The number of ketones is 1. The smallest absolute Gasteiger partial charge is 0.190 e. The number of hydrogen-bond acceptors (Lipinski definition) is 2. The number of benzene rings is 3. The van der Waals surface area contributed by atoms with E-state index in [1.807, 2.05) is 60.7 Å². The largest absolute Gasteiger partial charge is 0.385 e. The summed E-state index contributed by atoms with van der Waals surface area (Å²) < 4.78 is 0. The molecule has 0 bridgehead atoms. The van der Waals surface area contributed by atoms with Gasteiger partial charge < -0.3 is 5.11 Å². The van der Waals surface area contributed by atoms with Gasteiger partial charge in [0.2, 0.25) is 0 Å². The van der Waals surface area contributed by atoms with Crippen LogP contribution in [0.3, 0.4) is 0 Å². The monoisotopic (exact) mass is 302 g/mol. The van der Waals surface area contributed by atoms with Crippen LogP contribution in [-0.2, 0) is 0 Å². The predicted molar refractivity (Wildman–Crippen MR) is 93.3 cm³/mol. The van der Waals surface area contributed by atoms with Crippen molar-refractivity contribution in [2.75, 3.05) is 0 Å². The molecule has 1 unspecified atom stereocenters. The van der Waals surface area contributed by atoms with E-state index in [0.29, 0.717) is 5.56 Å². The summed E-state index contributed by atoms with van der Waals surface area (Å²) in [5.41, 5.74) is 4.73. The lowest BCUT2D eigenvalue weighted by molar-refractivity contribution is 0.0779. The third-order valence-corrected chi connectivity index (χ3v) is 3.85. The standard InChI is InChI=1S/C21H18O2/c1-15(22)21(23)18-12-13-19(16-8-4-2-5-9-16)20(14-18)17-10-6-3-7-11-17/h2-15,22H,1H3. The van der Waals surface area contributed by atoms with Crippen LogP contribution in [0.25, 0.3) is 22.3 Å². The number of Topliss-reactive ketones (excluding diaryl/α,β-unsaturated/α-hetero) is 1. The molecule has 0 radical (unpaired) electrons. The van der Waals surface area contributed by atoms with Crippen LogP contribution in [0.15, 0.2) is 78.9 Å². The van der Waals surface area contributed by atoms with E-state index >= 15 is 0 Å². The maximum Gasteiger partial charge on any atom is 0.190 e. The maximum absolute atomic E-state index is 12.1. The van der Waals surface area contributed by atoms with Crippen LogP contribution < -0.4 is 0 Å². The molecule has 3 aromatic carbocycles. The molecule has 2 heteroatoms. The molecule has 0 heterocycles. The minimum atomic E-state index is -0.999. The summed E-state index contributed by atoms with van der Waals surface area (Å²) in [4.78, 5) is 12.1. The van der Waals surface area contributed by atoms with Gasteiger partial charge in [0.25, 0.3) is 0 Å². The summed E-state index contributed by atoms with van der Waals surface area (Å²) in [5, 5.41) is 9.57. The van der Waals surface area contributed by atoms with Crippen LogP contribution in [0.4, 0.5) is 0 Å². The van der Waals surface area contributed by atoms with Crippen molar-refractivity contribution in [1.29, 1.82) is 0 Å². The van der Waals surface area contributed by atoms with Gasteiger partial charge in [0.15, 0.2) is 5.78 Å². The summed E-state index contributed by atoms with van der Waals surface area (Å²) in [6.45, 7) is 1.50. The third kappa shape index (κ3) is 3.22. The summed E-state index contributed by atoms with van der Waals surface area (Å²) >= 11 is 0. The average molecular weight is 302 g/mol. The molecule has 23 heavy (non-hydrogen) atoms. The number of hydrogen-bond donors (Lipinski definition) is 1. The van der Waals surface area contributed by atoms with E-state index < -0.39 is 6.10 Å². The molecule has 0 aromatic heterocycles. The van der Waals surface area contributed by atoms with E-state index in [2.05, 4.69) is 12.1 Å². The highest BCUT2D eigenvalue weighted by atomic mass is 16.3. The van der Waals surface area contributed by atoms with Crippen molar-refractivity contribution in [2.45, 2.75) is 13.0 Å². The van der Waals surface area contributed by atoms with E-state index in [1.54, 1.807) is 6.07 Å². The van der Waals surface area contributed by atoms with Crippen molar-refractivity contribution >= 4 is 5.78 Å². The molecule has 1 N–H and O–H groups in total. The summed E-state index contributed by atoms with van der Waals surface area (Å²) in [6.07, 6.45) is -0.999. The molecule has 2 nitrogen and oxygen atoms in total. The topological polar surface area (TPSA) is 37.3 Å². The third-order valence-electron chi connectivity index (χ3n) is 3.85. The van der Waals surface area contributed by atoms with Crippen molar-refractivity contribution < 1.29 is 9.90 Å². The quantitative estimate of drug-likeness (QED) is 0.716. The summed E-state index contributed by atoms with van der Waals surface area (Å²) in [5.74, 6) is -0.262. The van der Waals surface area contributed by atoms with Gasteiger partial charge in [-0.15, -0.1) is 0 Å². The lowest BCUT2D eigenvalue weighted by atomic mass is 9.91. The van der Waals surface area contributed by atoms with Gasteiger partial charge in [0, 0.05) is 5.56 Å². The first-order valence-corrected chi connectivity index (χ1v) is 7.64. The van der Waals surface area contributed by atoms with Crippen molar-refractivity contribution in [3.05, 3.63) is 84.4 Å². The molecule has 0 saturated carbocycles. The zero-order valence-corrected chi connectivity index (χ0v) is 12.9. The Balaban J connectivity index is 2.19. The molecule has 0 aliphatic rings. The summed E-state index contributed by atoms with van der Waals surface area (Å²) in [6, 6.07) is 25.7. The molecule has 0 fully saturated rings. The highest BCUT2D eigenvalue weighted by Gasteiger charge is 2.15. The Bertz CT molecular complexity index is 806. The van der Waals surface area contributed by atoms with Gasteiger partial charge in [0.05, 0.1) is 0 Å². The number of rotatable bonds is 4. The van der Waals surface area contributed by atoms with Crippen LogP contribution in [0.5, 0.6) is 0 Å². The molecule has 0 aliphatic heterocycles. The first-order valence-electron chi connectivity index (χ1n) is 7.64. The van der Waals surface area contributed by atoms with Gasteiger partial charge in [-0.3, -0.25) is 4.79 Å². The van der Waals surface area contributed by atoms with Crippen LogP contribution in [0, 0.1) is 0 Å². The fraction of sp³-hybridized carbons (Fsp3) is 0.0952. The molecule has 0 spiro atoms. The average Bonchev–Trinajstić information content (AvgIpc) is 2.62. The molecule has 3 aromatic rings. The molecule has 0 amide bonds. The number of carbonyl (C=O) groups is 1.